The molecule has 0 atom stereocenters. The average Bonchev–Trinajstić information content (AvgIpc) is 3.21. The number of carbonyl (C=O) groups excluding carboxylic acids is 3. The lowest BCUT2D eigenvalue weighted by atomic mass is 10.1. The zero-order valence-corrected chi connectivity index (χ0v) is 16.2. The number of aromatic nitrogens is 1. The highest BCUT2D eigenvalue weighted by molar-refractivity contribution is 7.13. The van der Waals surface area contributed by atoms with E-state index in [9.17, 15) is 14.4 Å². The predicted molar refractivity (Wildman–Crippen MR) is 107 cm³/mol. The van der Waals surface area contributed by atoms with E-state index in [1.54, 1.807) is 12.1 Å². The van der Waals surface area contributed by atoms with Crippen molar-refractivity contribution in [1.29, 1.82) is 0 Å². The summed E-state index contributed by atoms with van der Waals surface area (Å²) in [5.41, 5.74) is 4.01. The first-order valence-electron chi connectivity index (χ1n) is 8.70. The normalized spacial score (nSPS) is 13.0. The summed E-state index contributed by atoms with van der Waals surface area (Å²) >= 11 is 1.50. The number of fused-ring (bicyclic) bond motifs is 1. The summed E-state index contributed by atoms with van der Waals surface area (Å²) in [5.74, 6) is -0.923. The number of hydrogen-bond acceptors (Lipinski definition) is 5. The molecule has 0 aliphatic carbocycles. The maximum atomic E-state index is 12.4. The number of aryl methyl sites for hydroxylation is 1. The van der Waals surface area contributed by atoms with E-state index in [-0.39, 0.29) is 24.1 Å². The third-order valence-electron chi connectivity index (χ3n) is 4.53. The van der Waals surface area contributed by atoms with Crippen molar-refractivity contribution in [3.63, 3.8) is 0 Å². The molecular formula is C21H17N3O3S. The van der Waals surface area contributed by atoms with Crippen molar-refractivity contribution in [2.45, 2.75) is 13.3 Å². The third kappa shape index (κ3) is 3.32. The molecule has 0 saturated heterocycles. The van der Waals surface area contributed by atoms with E-state index in [0.717, 1.165) is 21.0 Å². The fourth-order valence-corrected chi connectivity index (χ4v) is 3.92. The molecule has 1 aliphatic rings. The summed E-state index contributed by atoms with van der Waals surface area (Å²) < 4.78 is 0. The smallest absolute Gasteiger partial charge is 0.261 e. The summed E-state index contributed by atoms with van der Waals surface area (Å²) in [4.78, 5) is 42.0. The first-order valence-corrected chi connectivity index (χ1v) is 9.58. The van der Waals surface area contributed by atoms with E-state index >= 15 is 0 Å². The SMILES string of the molecule is Cc1cccc(-c2nc(CC(=O)Nc3ccc4c(c3)C(=O)N(C)C4=O)cs2)c1. The Morgan fingerprint density at radius 2 is 1.89 bits per heavy atom. The van der Waals surface area contributed by atoms with Crippen LogP contribution < -0.4 is 5.32 Å². The molecule has 1 N–H and O–H groups in total. The lowest BCUT2D eigenvalue weighted by Gasteiger charge is -2.05. The Balaban J connectivity index is 1.46. The highest BCUT2D eigenvalue weighted by atomic mass is 32.1. The van der Waals surface area contributed by atoms with E-state index in [0.29, 0.717) is 22.5 Å². The Bertz CT molecular complexity index is 1120. The zero-order valence-electron chi connectivity index (χ0n) is 15.4. The molecule has 0 fully saturated rings. The van der Waals surface area contributed by atoms with Crippen LogP contribution >= 0.6 is 11.3 Å². The van der Waals surface area contributed by atoms with E-state index in [1.807, 2.05) is 30.5 Å². The van der Waals surface area contributed by atoms with Gasteiger partial charge in [-0.25, -0.2) is 4.98 Å². The molecule has 0 spiro atoms. The van der Waals surface area contributed by atoms with Crippen LogP contribution in [0.4, 0.5) is 5.69 Å². The second-order valence-corrected chi connectivity index (χ2v) is 7.53. The van der Waals surface area contributed by atoms with Crippen molar-refractivity contribution in [3.8, 4) is 10.6 Å². The summed E-state index contributed by atoms with van der Waals surface area (Å²) in [6, 6.07) is 12.8. The molecular weight excluding hydrogens is 374 g/mol. The molecule has 140 valence electrons. The van der Waals surface area contributed by atoms with Crippen LogP contribution in [0.3, 0.4) is 0 Å². The molecule has 4 rings (SSSR count). The Morgan fingerprint density at radius 3 is 2.68 bits per heavy atom. The number of benzene rings is 2. The summed E-state index contributed by atoms with van der Waals surface area (Å²) in [6.07, 6.45) is 0.131. The minimum atomic E-state index is -0.363. The number of nitrogens with one attached hydrogen (secondary N) is 1. The Kier molecular flexibility index (Phi) is 4.52. The maximum absolute atomic E-state index is 12.4. The molecule has 3 amide bonds. The molecule has 2 aromatic carbocycles. The summed E-state index contributed by atoms with van der Waals surface area (Å²) in [5, 5.41) is 5.52. The van der Waals surface area contributed by atoms with Gasteiger partial charge in [-0.05, 0) is 31.2 Å². The number of hydrogen-bond donors (Lipinski definition) is 1. The van der Waals surface area contributed by atoms with Gasteiger partial charge in [0.1, 0.15) is 5.01 Å². The molecule has 1 aromatic heterocycles. The quantitative estimate of drug-likeness (QED) is 0.690. The average molecular weight is 391 g/mol. The van der Waals surface area contributed by atoms with Crippen molar-refractivity contribution >= 4 is 34.7 Å². The van der Waals surface area contributed by atoms with Gasteiger partial charge in [-0.1, -0.05) is 23.8 Å². The Morgan fingerprint density at radius 1 is 1.11 bits per heavy atom. The largest absolute Gasteiger partial charge is 0.326 e. The van der Waals surface area contributed by atoms with Crippen molar-refractivity contribution in [2.24, 2.45) is 0 Å². The summed E-state index contributed by atoms with van der Waals surface area (Å²) in [7, 11) is 1.44. The van der Waals surface area contributed by atoms with Gasteiger partial charge < -0.3 is 5.32 Å². The van der Waals surface area contributed by atoms with Crippen LogP contribution in [0.25, 0.3) is 10.6 Å². The topological polar surface area (TPSA) is 79.4 Å². The van der Waals surface area contributed by atoms with Crippen LogP contribution in [0, 0.1) is 6.92 Å². The molecule has 0 radical (unpaired) electrons. The molecule has 0 bridgehead atoms. The predicted octanol–water partition coefficient (Wildman–Crippen LogP) is 3.53. The van der Waals surface area contributed by atoms with Gasteiger partial charge in [-0.2, -0.15) is 0 Å². The van der Waals surface area contributed by atoms with Crippen molar-refractivity contribution in [2.75, 3.05) is 12.4 Å². The number of amides is 3. The minimum Gasteiger partial charge on any atom is -0.326 e. The molecule has 1 aliphatic heterocycles. The fourth-order valence-electron chi connectivity index (χ4n) is 3.11. The van der Waals surface area contributed by atoms with Crippen LogP contribution in [-0.2, 0) is 11.2 Å². The lowest BCUT2D eigenvalue weighted by Crippen LogP contribution is -2.24. The molecule has 28 heavy (non-hydrogen) atoms. The van der Waals surface area contributed by atoms with E-state index in [4.69, 9.17) is 0 Å². The van der Waals surface area contributed by atoms with Gasteiger partial charge >= 0.3 is 0 Å². The van der Waals surface area contributed by atoms with Gasteiger partial charge in [0.2, 0.25) is 5.91 Å². The maximum Gasteiger partial charge on any atom is 0.261 e. The third-order valence-corrected chi connectivity index (χ3v) is 5.47. The highest BCUT2D eigenvalue weighted by Gasteiger charge is 2.32. The van der Waals surface area contributed by atoms with Crippen LogP contribution in [0.15, 0.2) is 47.8 Å². The minimum absolute atomic E-state index is 0.131. The molecule has 0 saturated carbocycles. The van der Waals surface area contributed by atoms with E-state index in [1.165, 1.54) is 24.5 Å². The number of carbonyl (C=O) groups is 3. The van der Waals surface area contributed by atoms with Gasteiger partial charge in [-0.15, -0.1) is 11.3 Å². The van der Waals surface area contributed by atoms with Crippen LogP contribution in [0.5, 0.6) is 0 Å². The number of imide groups is 1. The van der Waals surface area contributed by atoms with Crippen molar-refractivity contribution < 1.29 is 14.4 Å². The number of nitrogens with zero attached hydrogens (tertiary/aromatic N) is 2. The number of rotatable bonds is 4. The van der Waals surface area contributed by atoms with E-state index in [2.05, 4.69) is 16.4 Å². The van der Waals surface area contributed by atoms with Crippen LogP contribution in [0.1, 0.15) is 32.0 Å². The van der Waals surface area contributed by atoms with Crippen LogP contribution in [0.2, 0.25) is 0 Å². The fraction of sp³-hybridized carbons (Fsp3) is 0.143. The second kappa shape index (κ2) is 7.01. The molecule has 7 heteroatoms. The highest BCUT2D eigenvalue weighted by Crippen LogP contribution is 2.26. The van der Waals surface area contributed by atoms with Gasteiger partial charge in [0.25, 0.3) is 11.8 Å². The van der Waals surface area contributed by atoms with Gasteiger partial charge in [0.05, 0.1) is 23.2 Å². The van der Waals surface area contributed by atoms with Gasteiger partial charge in [0, 0.05) is 23.7 Å². The standard InChI is InChI=1S/C21H17N3O3S/c1-12-4-3-5-13(8-12)19-23-15(11-28-19)10-18(25)22-14-6-7-16-17(9-14)21(27)24(2)20(16)26/h3-9,11H,10H2,1-2H3,(H,22,25). The monoisotopic (exact) mass is 391 g/mol. The van der Waals surface area contributed by atoms with Crippen LogP contribution in [-0.4, -0.2) is 34.7 Å². The second-order valence-electron chi connectivity index (χ2n) is 6.67. The molecule has 2 heterocycles. The zero-order chi connectivity index (χ0) is 19.8. The Hall–Kier alpha value is -3.32. The van der Waals surface area contributed by atoms with Crippen molar-refractivity contribution in [1.82, 2.24) is 9.88 Å². The first-order chi connectivity index (χ1) is 13.4. The van der Waals surface area contributed by atoms with Crippen molar-refractivity contribution in [3.05, 3.63) is 70.2 Å². The first kappa shape index (κ1) is 18.1. The summed E-state index contributed by atoms with van der Waals surface area (Å²) in [6.45, 7) is 2.03. The van der Waals surface area contributed by atoms with Gasteiger partial charge in [0.15, 0.2) is 0 Å². The molecule has 0 unspecified atom stereocenters. The lowest BCUT2D eigenvalue weighted by molar-refractivity contribution is -0.115. The number of anilines is 1. The van der Waals surface area contributed by atoms with E-state index < -0.39 is 0 Å². The molecule has 6 nitrogen and oxygen atoms in total. The molecule has 3 aromatic rings. The van der Waals surface area contributed by atoms with Gasteiger partial charge in [-0.3, -0.25) is 19.3 Å². The Labute approximate surface area is 165 Å². The number of thiazole rings is 1.